The molecule has 0 saturated heterocycles. The molecule has 1 aromatic rings. The van der Waals surface area contributed by atoms with E-state index >= 15 is 0 Å². The Kier molecular flexibility index (Phi) is 6.19. The van der Waals surface area contributed by atoms with Crippen molar-refractivity contribution >= 4 is 15.9 Å². The molecule has 0 fully saturated rings. The highest BCUT2D eigenvalue weighted by atomic mass is 32.2. The molecule has 1 N–H and O–H groups in total. The van der Waals surface area contributed by atoms with E-state index in [1.807, 2.05) is 20.8 Å². The van der Waals surface area contributed by atoms with E-state index in [1.54, 1.807) is 25.5 Å². The van der Waals surface area contributed by atoms with E-state index in [-0.39, 0.29) is 16.8 Å². The number of aromatic nitrogens is 1. The van der Waals surface area contributed by atoms with Gasteiger partial charge in [-0.3, -0.25) is 4.79 Å². The van der Waals surface area contributed by atoms with Crippen LogP contribution in [0.5, 0.6) is 0 Å². The molecule has 126 valence electrons. The Morgan fingerprint density at radius 3 is 2.27 bits per heavy atom. The van der Waals surface area contributed by atoms with Crippen molar-refractivity contribution in [2.75, 3.05) is 13.1 Å². The average molecular weight is 329 g/mol. The fraction of sp³-hybridized carbons (Fsp3) is 0.667. The first-order valence-corrected chi connectivity index (χ1v) is 9.06. The standard InChI is InChI=1S/C15H27N3O3S/c1-7-18(8-2)22(20,21)13-9-14(17(6)10-13)15(19)16-12(5)11(3)4/h9-12H,7-8H2,1-6H3,(H,16,19). The summed E-state index contributed by atoms with van der Waals surface area (Å²) in [6.45, 7) is 10.4. The fourth-order valence-corrected chi connectivity index (χ4v) is 3.59. The molecular weight excluding hydrogens is 302 g/mol. The molecule has 0 bridgehead atoms. The summed E-state index contributed by atoms with van der Waals surface area (Å²) in [5.41, 5.74) is 0.346. The van der Waals surface area contributed by atoms with E-state index in [4.69, 9.17) is 0 Å². The van der Waals surface area contributed by atoms with Crippen molar-refractivity contribution in [1.82, 2.24) is 14.2 Å². The van der Waals surface area contributed by atoms with Gasteiger partial charge in [-0.15, -0.1) is 0 Å². The van der Waals surface area contributed by atoms with Crippen molar-refractivity contribution in [2.45, 2.75) is 45.6 Å². The lowest BCUT2D eigenvalue weighted by Gasteiger charge is -2.17. The summed E-state index contributed by atoms with van der Waals surface area (Å²) in [4.78, 5) is 12.4. The maximum Gasteiger partial charge on any atom is 0.268 e. The first-order chi connectivity index (χ1) is 10.1. The number of hydrogen-bond acceptors (Lipinski definition) is 3. The first kappa shape index (κ1) is 18.7. The quantitative estimate of drug-likeness (QED) is 0.829. The molecule has 6 nitrogen and oxygen atoms in total. The van der Waals surface area contributed by atoms with Crippen LogP contribution in [0.2, 0.25) is 0 Å². The molecule has 0 saturated carbocycles. The van der Waals surface area contributed by atoms with E-state index in [9.17, 15) is 13.2 Å². The topological polar surface area (TPSA) is 71.4 Å². The summed E-state index contributed by atoms with van der Waals surface area (Å²) in [6, 6.07) is 1.46. The lowest BCUT2D eigenvalue weighted by molar-refractivity contribution is 0.0922. The third-order valence-corrected chi connectivity index (χ3v) is 5.93. The number of aryl methyl sites for hydroxylation is 1. The monoisotopic (exact) mass is 329 g/mol. The molecule has 22 heavy (non-hydrogen) atoms. The average Bonchev–Trinajstić information content (AvgIpc) is 2.82. The fourth-order valence-electron chi connectivity index (χ4n) is 2.06. The third kappa shape index (κ3) is 3.89. The highest BCUT2D eigenvalue weighted by molar-refractivity contribution is 7.89. The molecule has 1 unspecified atom stereocenters. The molecule has 7 heteroatoms. The molecular formula is C15H27N3O3S. The van der Waals surface area contributed by atoms with E-state index in [0.717, 1.165) is 0 Å². The maximum absolute atomic E-state index is 12.5. The van der Waals surface area contributed by atoms with Crippen LogP contribution in [0.1, 0.15) is 45.1 Å². The molecule has 1 amide bonds. The van der Waals surface area contributed by atoms with Gasteiger partial charge in [-0.1, -0.05) is 27.7 Å². The van der Waals surface area contributed by atoms with Gasteiger partial charge in [0.25, 0.3) is 5.91 Å². The molecule has 0 aliphatic heterocycles. The van der Waals surface area contributed by atoms with Gasteiger partial charge in [0.15, 0.2) is 0 Å². The van der Waals surface area contributed by atoms with E-state index in [0.29, 0.717) is 24.7 Å². The highest BCUT2D eigenvalue weighted by Gasteiger charge is 2.25. The lowest BCUT2D eigenvalue weighted by Crippen LogP contribution is -2.36. The number of nitrogens with zero attached hydrogens (tertiary/aromatic N) is 2. The van der Waals surface area contributed by atoms with Crippen LogP contribution in [0.4, 0.5) is 0 Å². The van der Waals surface area contributed by atoms with Crippen molar-refractivity contribution in [2.24, 2.45) is 13.0 Å². The molecule has 0 aromatic carbocycles. The minimum Gasteiger partial charge on any atom is -0.348 e. The number of amides is 1. The van der Waals surface area contributed by atoms with Crippen LogP contribution in [-0.4, -0.2) is 42.3 Å². The predicted octanol–water partition coefficient (Wildman–Crippen LogP) is 1.83. The molecule has 1 rings (SSSR count). The first-order valence-electron chi connectivity index (χ1n) is 7.62. The van der Waals surface area contributed by atoms with Crippen molar-refractivity contribution in [1.29, 1.82) is 0 Å². The summed E-state index contributed by atoms with van der Waals surface area (Å²) >= 11 is 0. The Labute approximate surface area is 133 Å². The molecule has 1 atom stereocenters. The van der Waals surface area contributed by atoms with Gasteiger partial charge in [-0.05, 0) is 18.9 Å². The number of sulfonamides is 1. The van der Waals surface area contributed by atoms with Crippen molar-refractivity contribution in [3.63, 3.8) is 0 Å². The second-order valence-corrected chi connectivity index (χ2v) is 7.71. The minimum atomic E-state index is -3.55. The number of nitrogens with one attached hydrogen (secondary N) is 1. The molecule has 0 spiro atoms. The molecule has 0 aliphatic carbocycles. The Morgan fingerprint density at radius 2 is 1.82 bits per heavy atom. The van der Waals surface area contributed by atoms with Gasteiger partial charge in [-0.2, -0.15) is 4.31 Å². The van der Waals surface area contributed by atoms with E-state index in [2.05, 4.69) is 5.32 Å². The SMILES string of the molecule is CCN(CC)S(=O)(=O)c1cc(C(=O)NC(C)C(C)C)n(C)c1. The maximum atomic E-state index is 12.5. The summed E-state index contributed by atoms with van der Waals surface area (Å²) in [7, 11) is -1.87. The van der Waals surface area contributed by atoms with Crippen LogP contribution in [0.25, 0.3) is 0 Å². The van der Waals surface area contributed by atoms with Crippen LogP contribution in [0, 0.1) is 5.92 Å². The third-order valence-electron chi connectivity index (χ3n) is 3.91. The Morgan fingerprint density at radius 1 is 1.27 bits per heavy atom. The van der Waals surface area contributed by atoms with Gasteiger partial charge >= 0.3 is 0 Å². The van der Waals surface area contributed by atoms with Crippen LogP contribution >= 0.6 is 0 Å². The summed E-state index contributed by atoms with van der Waals surface area (Å²) in [5.74, 6) is 0.0489. The summed E-state index contributed by atoms with van der Waals surface area (Å²) in [5, 5.41) is 2.89. The van der Waals surface area contributed by atoms with Crippen molar-refractivity contribution in [3.8, 4) is 0 Å². The van der Waals surface area contributed by atoms with E-state index < -0.39 is 10.0 Å². The van der Waals surface area contributed by atoms with Crippen LogP contribution in [0.15, 0.2) is 17.2 Å². The Bertz CT molecular complexity index is 616. The summed E-state index contributed by atoms with van der Waals surface area (Å²) < 4.78 is 27.9. The zero-order valence-electron chi connectivity index (χ0n) is 14.3. The van der Waals surface area contributed by atoms with Crippen LogP contribution in [-0.2, 0) is 17.1 Å². The van der Waals surface area contributed by atoms with Gasteiger partial charge in [0.2, 0.25) is 10.0 Å². The smallest absolute Gasteiger partial charge is 0.268 e. The molecule has 1 heterocycles. The van der Waals surface area contributed by atoms with E-state index in [1.165, 1.54) is 16.6 Å². The number of carbonyl (C=O) groups excluding carboxylic acids is 1. The van der Waals surface area contributed by atoms with Crippen molar-refractivity contribution < 1.29 is 13.2 Å². The Hall–Kier alpha value is -1.34. The zero-order chi connectivity index (χ0) is 17.1. The second kappa shape index (κ2) is 7.28. The molecule has 0 radical (unpaired) electrons. The number of carbonyl (C=O) groups is 1. The number of hydrogen-bond donors (Lipinski definition) is 1. The van der Waals surface area contributed by atoms with Gasteiger partial charge in [0.05, 0.1) is 0 Å². The van der Waals surface area contributed by atoms with Gasteiger partial charge in [0.1, 0.15) is 10.6 Å². The number of rotatable bonds is 7. The highest BCUT2D eigenvalue weighted by Crippen LogP contribution is 2.18. The largest absolute Gasteiger partial charge is 0.348 e. The predicted molar refractivity (Wildman–Crippen MR) is 87.3 cm³/mol. The van der Waals surface area contributed by atoms with Gasteiger partial charge in [-0.25, -0.2) is 8.42 Å². The molecule has 0 aliphatic rings. The molecule has 1 aromatic heterocycles. The zero-order valence-corrected chi connectivity index (χ0v) is 15.1. The van der Waals surface area contributed by atoms with Gasteiger partial charge < -0.3 is 9.88 Å². The van der Waals surface area contributed by atoms with Crippen LogP contribution < -0.4 is 5.32 Å². The minimum absolute atomic E-state index is 0.0187. The van der Waals surface area contributed by atoms with Crippen LogP contribution in [0.3, 0.4) is 0 Å². The Balaban J connectivity index is 3.09. The summed E-state index contributed by atoms with van der Waals surface area (Å²) in [6.07, 6.45) is 1.49. The van der Waals surface area contributed by atoms with Gasteiger partial charge in [0, 0.05) is 32.4 Å². The van der Waals surface area contributed by atoms with Crippen molar-refractivity contribution in [3.05, 3.63) is 18.0 Å². The normalized spacial score (nSPS) is 13.6. The second-order valence-electron chi connectivity index (χ2n) is 5.77. The lowest BCUT2D eigenvalue weighted by atomic mass is 10.1.